The van der Waals surface area contributed by atoms with Crippen LogP contribution >= 0.6 is 0 Å². The van der Waals surface area contributed by atoms with Crippen molar-refractivity contribution in [1.82, 2.24) is 10.2 Å². The number of nitrogens with one attached hydrogen (secondary N) is 1. The molecular weight excluding hydrogens is 498 g/mol. The number of anilines is 1. The van der Waals surface area contributed by atoms with Crippen molar-refractivity contribution in [3.8, 4) is 0 Å². The molecule has 0 aliphatic heterocycles. The van der Waals surface area contributed by atoms with Crippen LogP contribution in [0.3, 0.4) is 0 Å². The number of hydrogen-bond acceptors (Lipinski definition) is 4. The van der Waals surface area contributed by atoms with Crippen LogP contribution < -0.4 is 9.62 Å². The first kappa shape index (κ1) is 29.7. The Hall–Kier alpha value is -2.87. The van der Waals surface area contributed by atoms with E-state index < -0.39 is 16.1 Å². The molecule has 0 heterocycles. The zero-order chi connectivity index (χ0) is 27.9. The summed E-state index contributed by atoms with van der Waals surface area (Å²) in [7, 11) is -3.53. The summed E-state index contributed by atoms with van der Waals surface area (Å²) < 4.78 is 26.7. The van der Waals surface area contributed by atoms with Crippen molar-refractivity contribution >= 4 is 27.5 Å². The molecule has 1 aliphatic rings. The molecule has 1 atom stereocenters. The number of benzene rings is 2. The molecule has 1 unspecified atom stereocenters. The number of carbonyl (C=O) groups is 2. The van der Waals surface area contributed by atoms with Gasteiger partial charge in [-0.1, -0.05) is 56.2 Å². The number of hydrogen-bond donors (Lipinski definition) is 1. The molecule has 0 bridgehead atoms. The Kier molecular flexibility index (Phi) is 10.4. The molecule has 0 radical (unpaired) electrons. The molecule has 208 valence electrons. The fourth-order valence-corrected chi connectivity index (χ4v) is 6.24. The molecule has 2 amide bonds. The van der Waals surface area contributed by atoms with Crippen molar-refractivity contribution in [2.75, 3.05) is 17.1 Å². The average molecular weight is 542 g/mol. The quantitative estimate of drug-likeness (QED) is 0.409. The van der Waals surface area contributed by atoms with Gasteiger partial charge in [-0.15, -0.1) is 0 Å². The first-order valence-corrected chi connectivity index (χ1v) is 15.6. The lowest BCUT2D eigenvalue weighted by atomic mass is 10.0. The van der Waals surface area contributed by atoms with Crippen molar-refractivity contribution < 1.29 is 18.0 Å². The third-order valence-electron chi connectivity index (χ3n) is 7.47. The van der Waals surface area contributed by atoms with Crippen molar-refractivity contribution in [3.05, 3.63) is 64.7 Å². The zero-order valence-electron chi connectivity index (χ0n) is 23.5. The van der Waals surface area contributed by atoms with Gasteiger partial charge in [0.2, 0.25) is 21.8 Å². The predicted molar refractivity (Wildman–Crippen MR) is 154 cm³/mol. The summed E-state index contributed by atoms with van der Waals surface area (Å²) in [5, 5.41) is 3.17. The summed E-state index contributed by atoms with van der Waals surface area (Å²) in [5.41, 5.74) is 4.54. The summed E-state index contributed by atoms with van der Waals surface area (Å²) in [5.74, 6) is -0.245. The van der Waals surface area contributed by atoms with Gasteiger partial charge in [0.05, 0.1) is 11.9 Å². The lowest BCUT2D eigenvalue weighted by Crippen LogP contribution is -2.51. The summed E-state index contributed by atoms with van der Waals surface area (Å²) in [6.45, 7) is 8.29. The summed E-state index contributed by atoms with van der Waals surface area (Å²) >= 11 is 0. The van der Waals surface area contributed by atoms with Gasteiger partial charge >= 0.3 is 0 Å². The van der Waals surface area contributed by atoms with Gasteiger partial charge in [0.15, 0.2) is 0 Å². The number of amides is 2. The molecule has 8 heteroatoms. The maximum atomic E-state index is 13.7. The van der Waals surface area contributed by atoms with Crippen molar-refractivity contribution in [3.63, 3.8) is 0 Å². The van der Waals surface area contributed by atoms with E-state index in [2.05, 4.69) is 5.32 Å². The second-order valence-corrected chi connectivity index (χ2v) is 12.5. The standard InChI is InChI=1S/C30H43N3O4S/c1-6-27(30(35)31-26-14-9-10-15-26)32(21-25-13-8-7-12-23(25)3)29(34)16-11-19-33(38(5,36)37)28-20-22(2)17-18-24(28)4/h7-8,12-13,17-18,20,26-27H,6,9-11,14-16,19,21H2,1-5H3,(H,31,35). The number of rotatable bonds is 12. The molecule has 1 N–H and O–H groups in total. The highest BCUT2D eigenvalue weighted by Gasteiger charge is 2.31. The molecule has 0 spiro atoms. The molecule has 1 fully saturated rings. The molecule has 0 saturated heterocycles. The largest absolute Gasteiger partial charge is 0.352 e. The molecule has 38 heavy (non-hydrogen) atoms. The molecule has 7 nitrogen and oxygen atoms in total. The van der Waals surface area contributed by atoms with Crippen LogP contribution in [0.4, 0.5) is 5.69 Å². The van der Waals surface area contributed by atoms with Crippen LogP contribution in [0, 0.1) is 20.8 Å². The number of nitrogens with zero attached hydrogens (tertiary/aromatic N) is 2. The normalized spacial score (nSPS) is 14.8. The molecule has 2 aromatic carbocycles. The number of aryl methyl sites for hydroxylation is 3. The second-order valence-electron chi connectivity index (χ2n) is 10.6. The summed E-state index contributed by atoms with van der Waals surface area (Å²) in [6.07, 6.45) is 6.40. The third kappa shape index (κ3) is 7.82. The Morgan fingerprint density at radius 2 is 1.71 bits per heavy atom. The number of carbonyl (C=O) groups excluding carboxylic acids is 2. The van der Waals surface area contributed by atoms with E-state index in [0.717, 1.165) is 47.9 Å². The van der Waals surface area contributed by atoms with Gasteiger partial charge in [-0.3, -0.25) is 13.9 Å². The van der Waals surface area contributed by atoms with Crippen LogP contribution in [0.25, 0.3) is 0 Å². The van der Waals surface area contributed by atoms with E-state index in [-0.39, 0.29) is 30.8 Å². The van der Waals surface area contributed by atoms with Crippen LogP contribution in [0.15, 0.2) is 42.5 Å². The number of sulfonamides is 1. The summed E-state index contributed by atoms with van der Waals surface area (Å²) in [4.78, 5) is 28.7. The minimum absolute atomic E-state index is 0.102. The zero-order valence-corrected chi connectivity index (χ0v) is 24.3. The maximum Gasteiger partial charge on any atom is 0.243 e. The smallest absolute Gasteiger partial charge is 0.243 e. The minimum atomic E-state index is -3.53. The summed E-state index contributed by atoms with van der Waals surface area (Å²) in [6, 6.07) is 13.2. The van der Waals surface area contributed by atoms with Crippen molar-refractivity contribution in [2.24, 2.45) is 0 Å². The van der Waals surface area contributed by atoms with E-state index in [4.69, 9.17) is 0 Å². The van der Waals surface area contributed by atoms with Crippen LogP contribution in [0.5, 0.6) is 0 Å². The van der Waals surface area contributed by atoms with Gasteiger partial charge in [-0.25, -0.2) is 8.42 Å². The Morgan fingerprint density at radius 3 is 2.34 bits per heavy atom. The third-order valence-corrected chi connectivity index (χ3v) is 8.65. The first-order valence-electron chi connectivity index (χ1n) is 13.7. The Labute approximate surface area is 228 Å². The van der Waals surface area contributed by atoms with Crippen LogP contribution in [0.1, 0.15) is 74.1 Å². The highest BCUT2D eigenvalue weighted by Crippen LogP contribution is 2.25. The first-order chi connectivity index (χ1) is 18.0. The van der Waals surface area contributed by atoms with Gasteiger partial charge in [-0.2, -0.15) is 0 Å². The van der Waals surface area contributed by atoms with E-state index in [0.29, 0.717) is 25.1 Å². The van der Waals surface area contributed by atoms with Crippen molar-refractivity contribution in [1.29, 1.82) is 0 Å². The highest BCUT2D eigenvalue weighted by atomic mass is 32.2. The Morgan fingerprint density at radius 1 is 1.03 bits per heavy atom. The Bertz CT molecular complexity index is 1220. The van der Waals surface area contributed by atoms with E-state index in [1.54, 1.807) is 4.90 Å². The van der Waals surface area contributed by atoms with Gasteiger partial charge in [0.25, 0.3) is 0 Å². The maximum absolute atomic E-state index is 13.7. The van der Waals surface area contributed by atoms with E-state index in [9.17, 15) is 18.0 Å². The minimum Gasteiger partial charge on any atom is -0.352 e. The van der Waals surface area contributed by atoms with Gasteiger partial charge in [-0.05, 0) is 74.8 Å². The molecule has 1 aliphatic carbocycles. The molecular formula is C30H43N3O4S. The lowest BCUT2D eigenvalue weighted by Gasteiger charge is -2.32. The fourth-order valence-electron chi connectivity index (χ4n) is 5.23. The van der Waals surface area contributed by atoms with Gasteiger partial charge < -0.3 is 10.2 Å². The molecule has 3 rings (SSSR count). The molecule has 1 saturated carbocycles. The predicted octanol–water partition coefficient (Wildman–Crippen LogP) is 5.02. The Balaban J connectivity index is 1.79. The van der Waals surface area contributed by atoms with Crippen LogP contribution in [-0.4, -0.2) is 50.0 Å². The van der Waals surface area contributed by atoms with E-state index in [1.807, 2.05) is 70.2 Å². The second kappa shape index (κ2) is 13.3. The molecule has 2 aromatic rings. The monoisotopic (exact) mass is 541 g/mol. The SMILES string of the molecule is CCC(C(=O)NC1CCCC1)N(Cc1ccccc1C)C(=O)CCCN(c1cc(C)ccc1C)S(C)(=O)=O. The van der Waals surface area contributed by atoms with Gasteiger partial charge in [0.1, 0.15) is 6.04 Å². The van der Waals surface area contributed by atoms with Crippen LogP contribution in [-0.2, 0) is 26.2 Å². The lowest BCUT2D eigenvalue weighted by molar-refractivity contribution is -0.141. The average Bonchev–Trinajstić information content (AvgIpc) is 3.36. The fraction of sp³-hybridized carbons (Fsp3) is 0.533. The van der Waals surface area contributed by atoms with Gasteiger partial charge in [0, 0.05) is 25.6 Å². The van der Waals surface area contributed by atoms with E-state index in [1.165, 1.54) is 10.6 Å². The highest BCUT2D eigenvalue weighted by molar-refractivity contribution is 7.92. The molecule has 0 aromatic heterocycles. The van der Waals surface area contributed by atoms with Crippen LogP contribution in [0.2, 0.25) is 0 Å². The van der Waals surface area contributed by atoms with Crippen molar-refractivity contribution in [2.45, 2.75) is 91.3 Å². The van der Waals surface area contributed by atoms with E-state index >= 15 is 0 Å². The topological polar surface area (TPSA) is 86.8 Å².